The number of carboxylic acids is 1. The van der Waals surface area contributed by atoms with Crippen LogP contribution >= 0.6 is 11.8 Å². The predicted molar refractivity (Wildman–Crippen MR) is 195 cm³/mol. The molecule has 5 rings (SSSR count). The number of aliphatic carboxylic acids is 1. The Balaban J connectivity index is 0.000000230. The lowest BCUT2D eigenvalue weighted by atomic mass is 10.0. The number of ether oxygens (including phenoxy) is 2. The molecule has 49 heavy (non-hydrogen) atoms. The molecule has 0 aliphatic heterocycles. The lowest BCUT2D eigenvalue weighted by Crippen LogP contribution is -2.26. The first-order chi connectivity index (χ1) is 23.5. The summed E-state index contributed by atoms with van der Waals surface area (Å²) in [4.78, 5) is 33.8. The molecule has 0 fully saturated rings. The summed E-state index contributed by atoms with van der Waals surface area (Å²) in [6.45, 7) is 8.98. The van der Waals surface area contributed by atoms with E-state index in [2.05, 4.69) is 5.32 Å². The highest BCUT2D eigenvalue weighted by atomic mass is 32.2. The molecule has 0 spiro atoms. The van der Waals surface area contributed by atoms with Gasteiger partial charge in [-0.25, -0.2) is 0 Å². The van der Waals surface area contributed by atoms with Gasteiger partial charge in [0, 0.05) is 39.6 Å². The molecule has 5 aromatic rings. The molecule has 0 saturated heterocycles. The number of phenols is 2. The molecule has 1 amide bonds. The number of amides is 1. The van der Waals surface area contributed by atoms with Gasteiger partial charge < -0.3 is 30.1 Å². The number of fused-ring (bicyclic) bond motifs is 2. The summed E-state index contributed by atoms with van der Waals surface area (Å²) in [6.07, 6.45) is 1.36. The minimum Gasteiger partial charge on any atom is -0.507 e. The Morgan fingerprint density at radius 1 is 0.776 bits per heavy atom. The first-order valence-corrected chi connectivity index (χ1v) is 17.0. The summed E-state index contributed by atoms with van der Waals surface area (Å²) < 4.78 is 11.4. The molecule has 0 atom stereocenters. The molecular weight excluding hydrogens is 642 g/mol. The lowest BCUT2D eigenvalue weighted by Gasteiger charge is -2.14. The lowest BCUT2D eigenvalue weighted by molar-refractivity contribution is -0.133. The molecule has 0 radical (unpaired) electrons. The zero-order valence-corrected chi connectivity index (χ0v) is 28.9. The molecule has 0 heterocycles. The van der Waals surface area contributed by atoms with Gasteiger partial charge >= 0.3 is 5.97 Å². The van der Waals surface area contributed by atoms with Gasteiger partial charge in [0.1, 0.15) is 11.5 Å². The van der Waals surface area contributed by atoms with Crippen molar-refractivity contribution in [3.05, 3.63) is 106 Å². The Morgan fingerprint density at radius 3 is 2.24 bits per heavy atom. The monoisotopic (exact) mass is 683 g/mol. The van der Waals surface area contributed by atoms with Gasteiger partial charge in [-0.2, -0.15) is 0 Å². The van der Waals surface area contributed by atoms with Gasteiger partial charge in [-0.3, -0.25) is 14.4 Å². The number of benzene rings is 5. The highest BCUT2D eigenvalue weighted by Gasteiger charge is 2.13. The van der Waals surface area contributed by atoms with Crippen LogP contribution in [0.25, 0.3) is 21.5 Å². The number of hydrogen-bond donors (Lipinski definition) is 4. The van der Waals surface area contributed by atoms with Crippen LogP contribution in [-0.4, -0.2) is 64.7 Å². The number of hydrogen-bond acceptors (Lipinski definition) is 8. The van der Waals surface area contributed by atoms with Crippen molar-refractivity contribution in [3.63, 3.8) is 0 Å². The molecule has 0 aliphatic rings. The van der Waals surface area contributed by atoms with Gasteiger partial charge in [-0.1, -0.05) is 54.1 Å². The number of carboxylic acid groups (broad SMARTS) is 1. The molecule has 9 nitrogen and oxygen atoms in total. The van der Waals surface area contributed by atoms with E-state index in [0.717, 1.165) is 45.1 Å². The van der Waals surface area contributed by atoms with Crippen LogP contribution in [0.4, 0.5) is 0 Å². The fraction of sp³-hybridized carbons (Fsp3) is 0.256. The third kappa shape index (κ3) is 9.45. The summed E-state index contributed by atoms with van der Waals surface area (Å²) >= 11 is 1.32. The third-order valence-electron chi connectivity index (χ3n) is 7.85. The molecule has 256 valence electrons. The van der Waals surface area contributed by atoms with Crippen molar-refractivity contribution in [2.45, 2.75) is 34.1 Å². The van der Waals surface area contributed by atoms with Crippen LogP contribution in [-0.2, 0) is 4.79 Å². The summed E-state index contributed by atoms with van der Waals surface area (Å²) in [7, 11) is 0. The average Bonchev–Trinajstić information content (AvgIpc) is 3.07. The second-order valence-electron chi connectivity index (χ2n) is 11.6. The molecule has 4 N–H and O–H groups in total. The van der Waals surface area contributed by atoms with Crippen LogP contribution in [0.5, 0.6) is 23.0 Å². The van der Waals surface area contributed by atoms with Gasteiger partial charge in [-0.05, 0) is 80.5 Å². The maximum atomic E-state index is 12.3. The Morgan fingerprint density at radius 2 is 1.51 bits per heavy atom. The van der Waals surface area contributed by atoms with E-state index in [4.69, 9.17) is 14.6 Å². The number of thioether (sulfide) groups is 1. The fourth-order valence-electron chi connectivity index (χ4n) is 5.41. The molecule has 10 heteroatoms. The van der Waals surface area contributed by atoms with Crippen LogP contribution in [0.2, 0.25) is 0 Å². The second-order valence-corrected chi connectivity index (χ2v) is 12.7. The summed E-state index contributed by atoms with van der Waals surface area (Å²) in [5.41, 5.74) is 5.07. The van der Waals surface area contributed by atoms with Crippen molar-refractivity contribution in [1.29, 1.82) is 0 Å². The van der Waals surface area contributed by atoms with E-state index < -0.39 is 5.97 Å². The standard InChI is InChI=1S/C23H23NO4.C16H18O4S/c1-15-7-8-18(16(2)13-15)23(27)24-11-4-12-28-21-10-9-19-17(14-25)5-3-6-20(19)22(21)26;1-10-4-3-5-12-15(10)13(8-11(2)16(12)19)20-6-7-21-9-14(17)18/h3,5-10,13-14,26H,4,11-12H2,1-2H3,(H,24,27);3-5,8,19H,6-7,9H2,1-2H3,(H,17,18). The van der Waals surface area contributed by atoms with Crippen LogP contribution in [0.1, 0.15) is 49.4 Å². The minimum absolute atomic E-state index is 0.0144. The van der Waals surface area contributed by atoms with Crippen molar-refractivity contribution in [2.24, 2.45) is 0 Å². The average molecular weight is 684 g/mol. The fourth-order valence-corrected chi connectivity index (χ4v) is 5.93. The SMILES string of the molecule is Cc1cc(OCCSCC(=O)O)c2c(C)cccc2c1O.Cc1ccc(C(=O)NCCCOc2ccc3c(C=O)cccc3c2O)c(C)c1. The zero-order chi connectivity index (χ0) is 35.5. The van der Waals surface area contributed by atoms with Gasteiger partial charge in [-0.15, -0.1) is 11.8 Å². The predicted octanol–water partition coefficient (Wildman–Crippen LogP) is 7.53. The number of aryl methyl sites for hydroxylation is 4. The van der Waals surface area contributed by atoms with E-state index in [-0.39, 0.29) is 23.2 Å². The number of carbonyl (C=O) groups is 3. The smallest absolute Gasteiger partial charge is 0.313 e. The number of rotatable bonds is 13. The van der Waals surface area contributed by atoms with Crippen molar-refractivity contribution in [1.82, 2.24) is 5.32 Å². The van der Waals surface area contributed by atoms with Crippen molar-refractivity contribution in [3.8, 4) is 23.0 Å². The van der Waals surface area contributed by atoms with E-state index in [1.807, 2.05) is 70.2 Å². The van der Waals surface area contributed by atoms with Gasteiger partial charge in [0.15, 0.2) is 17.8 Å². The molecule has 0 saturated carbocycles. The number of carbonyl (C=O) groups excluding carboxylic acids is 2. The van der Waals surface area contributed by atoms with Crippen LogP contribution < -0.4 is 14.8 Å². The maximum Gasteiger partial charge on any atom is 0.313 e. The minimum atomic E-state index is -0.818. The van der Waals surface area contributed by atoms with Gasteiger partial charge in [0.05, 0.1) is 19.0 Å². The summed E-state index contributed by atoms with van der Waals surface area (Å²) in [5, 5.41) is 35.0. The van der Waals surface area contributed by atoms with Gasteiger partial charge in [0.2, 0.25) is 0 Å². The topological polar surface area (TPSA) is 142 Å². The highest BCUT2D eigenvalue weighted by Crippen LogP contribution is 2.38. The number of aldehydes is 1. The summed E-state index contributed by atoms with van der Waals surface area (Å²) in [6, 6.07) is 21.9. The molecule has 0 bridgehead atoms. The van der Waals surface area contributed by atoms with Crippen molar-refractivity contribution >= 4 is 51.5 Å². The Bertz CT molecular complexity index is 1970. The van der Waals surface area contributed by atoms with E-state index >= 15 is 0 Å². The molecule has 0 unspecified atom stereocenters. The largest absolute Gasteiger partial charge is 0.507 e. The van der Waals surface area contributed by atoms with Crippen LogP contribution in [0.3, 0.4) is 0 Å². The first-order valence-electron chi connectivity index (χ1n) is 15.8. The van der Waals surface area contributed by atoms with Crippen molar-refractivity contribution < 1.29 is 39.2 Å². The summed E-state index contributed by atoms with van der Waals surface area (Å²) in [5.74, 6) is 1.15. The number of phenolic OH excluding ortho intramolecular Hbond substituents is 2. The van der Waals surface area contributed by atoms with E-state index in [1.54, 1.807) is 30.3 Å². The normalized spacial score (nSPS) is 10.7. The van der Waals surface area contributed by atoms with E-state index in [1.165, 1.54) is 11.8 Å². The Labute approximate surface area is 289 Å². The molecule has 0 aliphatic carbocycles. The zero-order valence-electron chi connectivity index (χ0n) is 28.0. The van der Waals surface area contributed by atoms with E-state index in [9.17, 15) is 24.6 Å². The Hall–Kier alpha value is -5.22. The maximum absolute atomic E-state index is 12.3. The van der Waals surface area contributed by atoms with E-state index in [0.29, 0.717) is 59.6 Å². The number of nitrogens with one attached hydrogen (secondary N) is 1. The van der Waals surface area contributed by atoms with Crippen molar-refractivity contribution in [2.75, 3.05) is 31.3 Å². The molecule has 0 aromatic heterocycles. The molecule has 5 aromatic carbocycles. The Kier molecular flexibility index (Phi) is 12.9. The van der Waals surface area contributed by atoms with Crippen LogP contribution in [0, 0.1) is 27.7 Å². The van der Waals surface area contributed by atoms with Crippen LogP contribution in [0.15, 0.2) is 72.8 Å². The van der Waals surface area contributed by atoms with Gasteiger partial charge in [0.25, 0.3) is 5.91 Å². The first kappa shape index (κ1) is 36.6. The third-order valence-corrected chi connectivity index (χ3v) is 8.76. The molecular formula is C39H41NO8S. The number of aromatic hydroxyl groups is 2. The second kappa shape index (κ2) is 17.3. The quantitative estimate of drug-likeness (QED) is 0.0732. The highest BCUT2D eigenvalue weighted by molar-refractivity contribution is 7.99.